The van der Waals surface area contributed by atoms with Crippen LogP contribution >= 0.6 is 0 Å². The molecule has 0 spiro atoms. The Balaban J connectivity index is 1.53. The third kappa shape index (κ3) is 4.32. The van der Waals surface area contributed by atoms with Crippen LogP contribution in [0.4, 0.5) is 15.8 Å². The van der Waals surface area contributed by atoms with E-state index in [4.69, 9.17) is 4.74 Å². The number of hydrogen-bond donors (Lipinski definition) is 1. The van der Waals surface area contributed by atoms with Crippen molar-refractivity contribution in [3.8, 4) is 5.75 Å². The molecule has 2 aromatic carbocycles. The summed E-state index contributed by atoms with van der Waals surface area (Å²) < 4.78 is 18.2. The van der Waals surface area contributed by atoms with Gasteiger partial charge in [-0.15, -0.1) is 0 Å². The van der Waals surface area contributed by atoms with E-state index in [0.717, 1.165) is 37.6 Å². The smallest absolute Gasteiger partial charge is 0.241 e. The van der Waals surface area contributed by atoms with Gasteiger partial charge in [-0.3, -0.25) is 9.69 Å². The minimum absolute atomic E-state index is 0.0745. The number of nitrogens with zero attached hydrogens (tertiary/aromatic N) is 2. The van der Waals surface area contributed by atoms with Crippen LogP contribution in [-0.4, -0.2) is 50.1 Å². The van der Waals surface area contributed by atoms with Gasteiger partial charge in [0.05, 0.1) is 13.2 Å². The van der Waals surface area contributed by atoms with E-state index in [2.05, 4.69) is 27.2 Å². The van der Waals surface area contributed by atoms with Gasteiger partial charge in [-0.25, -0.2) is 4.39 Å². The van der Waals surface area contributed by atoms with Crippen molar-refractivity contribution < 1.29 is 13.9 Å². The first-order valence-electron chi connectivity index (χ1n) is 8.76. The largest absolute Gasteiger partial charge is 0.497 e. The van der Waals surface area contributed by atoms with E-state index < -0.39 is 0 Å². The molecular weight excluding hydrogens is 333 g/mol. The second-order valence-corrected chi connectivity index (χ2v) is 6.39. The summed E-state index contributed by atoms with van der Waals surface area (Å²) in [4.78, 5) is 16.9. The molecule has 138 valence electrons. The molecule has 0 saturated carbocycles. The molecule has 0 unspecified atom stereocenters. The maximum atomic E-state index is 13.0. The van der Waals surface area contributed by atoms with Crippen LogP contribution in [0.15, 0.2) is 48.5 Å². The fourth-order valence-corrected chi connectivity index (χ4v) is 3.11. The van der Waals surface area contributed by atoms with Crippen LogP contribution in [0.1, 0.15) is 6.92 Å². The van der Waals surface area contributed by atoms with Gasteiger partial charge >= 0.3 is 0 Å². The molecule has 1 aliphatic heterocycles. The summed E-state index contributed by atoms with van der Waals surface area (Å²) in [6.45, 7) is 5.25. The van der Waals surface area contributed by atoms with Crippen molar-refractivity contribution in [2.75, 3.05) is 43.5 Å². The Morgan fingerprint density at radius 2 is 1.65 bits per heavy atom. The second kappa shape index (κ2) is 8.19. The van der Waals surface area contributed by atoms with Gasteiger partial charge < -0.3 is 15.0 Å². The summed E-state index contributed by atoms with van der Waals surface area (Å²) in [7, 11) is 1.66. The Morgan fingerprint density at radius 1 is 1.04 bits per heavy atom. The van der Waals surface area contributed by atoms with E-state index in [1.807, 2.05) is 19.1 Å². The molecule has 0 bridgehead atoms. The average Bonchev–Trinajstić information content (AvgIpc) is 2.69. The first-order valence-corrected chi connectivity index (χ1v) is 8.76. The van der Waals surface area contributed by atoms with Gasteiger partial charge in [0, 0.05) is 37.6 Å². The number of carbonyl (C=O) groups is 1. The van der Waals surface area contributed by atoms with Crippen molar-refractivity contribution in [3.63, 3.8) is 0 Å². The minimum atomic E-state index is -0.314. The van der Waals surface area contributed by atoms with Crippen molar-refractivity contribution in [2.45, 2.75) is 13.0 Å². The van der Waals surface area contributed by atoms with Crippen LogP contribution in [0.2, 0.25) is 0 Å². The van der Waals surface area contributed by atoms with Gasteiger partial charge in [-0.2, -0.15) is 0 Å². The molecule has 5 nitrogen and oxygen atoms in total. The molecule has 26 heavy (non-hydrogen) atoms. The third-order valence-electron chi connectivity index (χ3n) is 4.79. The van der Waals surface area contributed by atoms with E-state index in [0.29, 0.717) is 5.69 Å². The lowest BCUT2D eigenvalue weighted by Gasteiger charge is -2.38. The van der Waals surface area contributed by atoms with Gasteiger partial charge in [0.1, 0.15) is 11.6 Å². The van der Waals surface area contributed by atoms with Crippen molar-refractivity contribution in [3.05, 3.63) is 54.3 Å². The number of benzene rings is 2. The van der Waals surface area contributed by atoms with Gasteiger partial charge in [0.15, 0.2) is 0 Å². The zero-order valence-electron chi connectivity index (χ0n) is 15.1. The third-order valence-corrected chi connectivity index (χ3v) is 4.79. The van der Waals surface area contributed by atoms with Crippen LogP contribution < -0.4 is 15.0 Å². The Labute approximate surface area is 153 Å². The lowest BCUT2D eigenvalue weighted by Crippen LogP contribution is -2.52. The first-order chi connectivity index (χ1) is 12.6. The summed E-state index contributed by atoms with van der Waals surface area (Å²) in [5.41, 5.74) is 1.77. The van der Waals surface area contributed by atoms with Crippen LogP contribution in [0.3, 0.4) is 0 Å². The molecule has 0 radical (unpaired) electrons. The number of hydrogen-bond acceptors (Lipinski definition) is 4. The van der Waals surface area contributed by atoms with Crippen molar-refractivity contribution >= 4 is 17.3 Å². The number of halogens is 1. The Kier molecular flexibility index (Phi) is 5.73. The first kappa shape index (κ1) is 18.2. The van der Waals surface area contributed by atoms with E-state index in [-0.39, 0.29) is 17.8 Å². The Morgan fingerprint density at radius 3 is 2.23 bits per heavy atom. The number of rotatable bonds is 5. The number of methoxy groups -OCH3 is 1. The number of piperazine rings is 1. The highest BCUT2D eigenvalue weighted by Crippen LogP contribution is 2.21. The zero-order chi connectivity index (χ0) is 18.5. The normalized spacial score (nSPS) is 16.2. The molecule has 0 aliphatic carbocycles. The van der Waals surface area contributed by atoms with Crippen molar-refractivity contribution in [1.82, 2.24) is 4.90 Å². The zero-order valence-corrected chi connectivity index (χ0v) is 15.1. The average molecular weight is 357 g/mol. The predicted molar refractivity (Wildman–Crippen MR) is 101 cm³/mol. The summed E-state index contributed by atoms with van der Waals surface area (Å²) in [6.07, 6.45) is 0. The van der Waals surface area contributed by atoms with Gasteiger partial charge in [0.2, 0.25) is 5.91 Å². The molecule has 3 rings (SSSR count). The fraction of sp³-hybridized carbons (Fsp3) is 0.350. The van der Waals surface area contributed by atoms with E-state index in [9.17, 15) is 9.18 Å². The SMILES string of the molecule is COc1ccc(N2CCN([C@H](C)C(=O)Nc3ccc(F)cc3)CC2)cc1. The molecule has 2 aromatic rings. The minimum Gasteiger partial charge on any atom is -0.497 e. The monoisotopic (exact) mass is 357 g/mol. The van der Waals surface area contributed by atoms with Gasteiger partial charge in [-0.1, -0.05) is 0 Å². The van der Waals surface area contributed by atoms with Crippen LogP contribution in [0.5, 0.6) is 5.75 Å². The molecule has 6 heteroatoms. The number of carbonyl (C=O) groups excluding carboxylic acids is 1. The molecular formula is C20H24FN3O2. The highest BCUT2D eigenvalue weighted by molar-refractivity contribution is 5.94. The number of ether oxygens (including phenoxy) is 1. The Hall–Kier alpha value is -2.60. The molecule has 1 atom stereocenters. The second-order valence-electron chi connectivity index (χ2n) is 6.39. The van der Waals surface area contributed by atoms with E-state index in [1.165, 1.54) is 12.1 Å². The Bertz CT molecular complexity index is 726. The lowest BCUT2D eigenvalue weighted by atomic mass is 10.2. The van der Waals surface area contributed by atoms with E-state index >= 15 is 0 Å². The summed E-state index contributed by atoms with van der Waals surface area (Å²) in [5, 5.41) is 2.85. The molecule has 1 saturated heterocycles. The summed E-state index contributed by atoms with van der Waals surface area (Å²) >= 11 is 0. The fourth-order valence-electron chi connectivity index (χ4n) is 3.11. The standard InChI is InChI=1S/C20H24FN3O2/c1-15(20(25)22-17-5-3-16(21)4-6-17)23-11-13-24(14-12-23)18-7-9-19(26-2)10-8-18/h3-10,15H,11-14H2,1-2H3,(H,22,25)/t15-/m1/s1. The maximum absolute atomic E-state index is 13.0. The topological polar surface area (TPSA) is 44.8 Å². The highest BCUT2D eigenvalue weighted by Gasteiger charge is 2.25. The lowest BCUT2D eigenvalue weighted by molar-refractivity contribution is -0.120. The summed E-state index contributed by atoms with van der Waals surface area (Å²) in [6, 6.07) is 13.6. The highest BCUT2D eigenvalue weighted by atomic mass is 19.1. The molecule has 1 aliphatic rings. The van der Waals surface area contributed by atoms with Crippen LogP contribution in [0, 0.1) is 5.82 Å². The molecule has 0 aromatic heterocycles. The number of nitrogens with one attached hydrogen (secondary N) is 1. The number of amides is 1. The quantitative estimate of drug-likeness (QED) is 0.894. The maximum Gasteiger partial charge on any atom is 0.241 e. The number of anilines is 2. The molecule has 1 N–H and O–H groups in total. The van der Waals surface area contributed by atoms with E-state index in [1.54, 1.807) is 19.2 Å². The molecule has 1 heterocycles. The van der Waals surface area contributed by atoms with Crippen LogP contribution in [-0.2, 0) is 4.79 Å². The summed E-state index contributed by atoms with van der Waals surface area (Å²) in [5.74, 6) is 0.457. The van der Waals surface area contributed by atoms with Crippen LogP contribution in [0.25, 0.3) is 0 Å². The molecule has 1 amide bonds. The van der Waals surface area contributed by atoms with Gasteiger partial charge in [-0.05, 0) is 55.5 Å². The van der Waals surface area contributed by atoms with Crippen molar-refractivity contribution in [1.29, 1.82) is 0 Å². The molecule has 1 fully saturated rings. The van der Waals surface area contributed by atoms with Crippen molar-refractivity contribution in [2.24, 2.45) is 0 Å². The predicted octanol–water partition coefficient (Wildman–Crippen LogP) is 2.98. The van der Waals surface area contributed by atoms with Gasteiger partial charge in [0.25, 0.3) is 0 Å².